The molecule has 9 N–H and O–H groups in total. The summed E-state index contributed by atoms with van der Waals surface area (Å²) in [6.45, 7) is 2.62. The van der Waals surface area contributed by atoms with E-state index in [1.807, 2.05) is 6.08 Å². The lowest BCUT2D eigenvalue weighted by Gasteiger charge is -2.46. The van der Waals surface area contributed by atoms with Crippen molar-refractivity contribution < 1.29 is 64.6 Å². The maximum Gasteiger partial charge on any atom is 0.220 e. The third-order valence-electron chi connectivity index (χ3n) is 14.3. The number of ether oxygens (including phenoxy) is 4. The summed E-state index contributed by atoms with van der Waals surface area (Å²) in [7, 11) is 0. The average Bonchev–Trinajstić information content (AvgIpc) is 3.58. The van der Waals surface area contributed by atoms with Gasteiger partial charge in [-0.2, -0.15) is 0 Å². The Balaban J connectivity index is 1.68. The van der Waals surface area contributed by atoms with Crippen molar-refractivity contribution in [3.8, 4) is 0 Å². The third-order valence-corrected chi connectivity index (χ3v) is 14.3. The second kappa shape index (κ2) is 52.2. The molecule has 0 aromatic heterocycles. The van der Waals surface area contributed by atoms with Gasteiger partial charge in [-0.1, -0.05) is 224 Å². The van der Waals surface area contributed by atoms with Crippen LogP contribution in [0.25, 0.3) is 0 Å². The molecule has 2 heterocycles. The van der Waals surface area contributed by atoms with E-state index in [2.05, 4.69) is 153 Å². The van der Waals surface area contributed by atoms with Gasteiger partial charge in [0.15, 0.2) is 12.6 Å². The van der Waals surface area contributed by atoms with E-state index in [1.165, 1.54) is 44.9 Å². The smallest absolute Gasteiger partial charge is 0.220 e. The molecule has 1 amide bonds. The quantitative estimate of drug-likeness (QED) is 0.0204. The van der Waals surface area contributed by atoms with Crippen LogP contribution in [0.3, 0.4) is 0 Å². The van der Waals surface area contributed by atoms with Crippen LogP contribution in [0.15, 0.2) is 146 Å². The Bertz CT molecular complexity index is 1950. The van der Waals surface area contributed by atoms with E-state index in [9.17, 15) is 45.6 Å². The zero-order chi connectivity index (χ0) is 60.2. The van der Waals surface area contributed by atoms with Gasteiger partial charge in [0.05, 0.1) is 32.0 Å². The Hall–Kier alpha value is -4.13. The fourth-order valence-corrected chi connectivity index (χ4v) is 9.23. The summed E-state index contributed by atoms with van der Waals surface area (Å²) in [5, 5.41) is 87.0. The Morgan fingerprint density at radius 3 is 1.28 bits per heavy atom. The number of aliphatic hydroxyl groups excluding tert-OH is 8. The predicted octanol–water partition coefficient (Wildman–Crippen LogP) is 11.7. The summed E-state index contributed by atoms with van der Waals surface area (Å²) in [5.74, 6) is -0.279. The van der Waals surface area contributed by atoms with E-state index in [0.29, 0.717) is 6.42 Å². The maximum absolute atomic E-state index is 13.2. The first-order chi connectivity index (χ1) is 40.6. The summed E-state index contributed by atoms with van der Waals surface area (Å²) < 4.78 is 22.7. The van der Waals surface area contributed by atoms with Crippen molar-refractivity contribution in [1.82, 2.24) is 5.32 Å². The molecule has 12 atom stereocenters. The molecule has 0 aliphatic carbocycles. The lowest BCUT2D eigenvalue weighted by molar-refractivity contribution is -0.359. The van der Waals surface area contributed by atoms with Crippen LogP contribution in [-0.4, -0.2) is 140 Å². The summed E-state index contributed by atoms with van der Waals surface area (Å²) in [4.78, 5) is 13.2. The van der Waals surface area contributed by atoms with Gasteiger partial charge in [0.2, 0.25) is 5.91 Å². The summed E-state index contributed by atoms with van der Waals surface area (Å²) in [6.07, 6.45) is 61.8. The van der Waals surface area contributed by atoms with Crippen LogP contribution in [0, 0.1) is 0 Å². The number of carbonyl (C=O) groups is 1. The molecule has 470 valence electrons. The van der Waals surface area contributed by atoms with Crippen molar-refractivity contribution in [2.45, 2.75) is 261 Å². The van der Waals surface area contributed by atoms with Gasteiger partial charge in [-0.25, -0.2) is 0 Å². The van der Waals surface area contributed by atoms with Crippen LogP contribution in [0.4, 0.5) is 0 Å². The van der Waals surface area contributed by atoms with E-state index in [1.54, 1.807) is 6.08 Å². The van der Waals surface area contributed by atoms with E-state index in [-0.39, 0.29) is 18.9 Å². The first-order valence-electron chi connectivity index (χ1n) is 31.6. The molecule has 0 radical (unpaired) electrons. The first-order valence-corrected chi connectivity index (χ1v) is 31.6. The molecule has 0 aromatic carbocycles. The highest BCUT2D eigenvalue weighted by Gasteiger charge is 2.51. The van der Waals surface area contributed by atoms with Gasteiger partial charge in [-0.05, 0) is 103 Å². The Kier molecular flexibility index (Phi) is 47.2. The van der Waals surface area contributed by atoms with Crippen molar-refractivity contribution in [2.24, 2.45) is 0 Å². The number of hydrogen-bond acceptors (Lipinski definition) is 13. The van der Waals surface area contributed by atoms with E-state index >= 15 is 0 Å². The van der Waals surface area contributed by atoms with E-state index in [4.69, 9.17) is 18.9 Å². The van der Waals surface area contributed by atoms with Crippen molar-refractivity contribution in [2.75, 3.05) is 19.8 Å². The van der Waals surface area contributed by atoms with Gasteiger partial charge in [0.1, 0.15) is 48.8 Å². The third kappa shape index (κ3) is 37.1. The minimum Gasteiger partial charge on any atom is -0.394 e. The topological polar surface area (TPSA) is 228 Å². The number of allylic oxidation sites excluding steroid dienone is 23. The molecule has 2 aliphatic heterocycles. The van der Waals surface area contributed by atoms with Gasteiger partial charge < -0.3 is 65.1 Å². The van der Waals surface area contributed by atoms with Gasteiger partial charge in [-0.3, -0.25) is 4.79 Å². The lowest BCUT2D eigenvalue weighted by Crippen LogP contribution is -2.65. The predicted molar refractivity (Wildman–Crippen MR) is 336 cm³/mol. The standard InChI is InChI=1S/C69H111NO13/c1-3-5-7-9-11-13-15-17-18-19-20-21-22-23-24-25-26-27-28-29-30-31-32-33-34-35-36-37-38-39-40-41-43-45-47-49-51-53-61(74)70-57(58(73)52-50-48-46-44-42-16-14-12-10-8-6-4-2)56-80-68-66(79)64(77)67(60(55-72)82-68)83-69-65(78)63(76)62(75)59(54-71)81-69/h5,7,11,13,17-18,20-21,23-24,26-27,29-30,32-33,35-36,38-39,41,43,50,52,57-60,62-69,71-73,75-79H,3-4,6,8-10,12,14-16,19,22,25,28,31,34,37,40,42,44-49,51,53-56H2,1-2H3,(H,70,74)/b7-5-,13-11-,18-17-,21-20-,24-23-,27-26-,30-29-,33-32-,36-35-,39-38-,43-41-,52-50+. The van der Waals surface area contributed by atoms with Crippen LogP contribution in [0.1, 0.15) is 187 Å². The number of aliphatic hydroxyl groups is 8. The molecule has 2 saturated heterocycles. The molecule has 0 bridgehead atoms. The summed E-state index contributed by atoms with van der Waals surface area (Å²) in [6, 6.07) is -0.943. The second-order valence-corrected chi connectivity index (χ2v) is 21.5. The zero-order valence-electron chi connectivity index (χ0n) is 50.6. The monoisotopic (exact) mass is 1160 g/mol. The zero-order valence-corrected chi connectivity index (χ0v) is 50.6. The fourth-order valence-electron chi connectivity index (χ4n) is 9.23. The first kappa shape index (κ1) is 75.0. The maximum atomic E-state index is 13.2. The van der Waals surface area contributed by atoms with E-state index < -0.39 is 86.8 Å². The summed E-state index contributed by atoms with van der Waals surface area (Å²) in [5.41, 5.74) is 0. The molecule has 0 aromatic rings. The van der Waals surface area contributed by atoms with Crippen molar-refractivity contribution in [3.63, 3.8) is 0 Å². The van der Waals surface area contributed by atoms with Crippen LogP contribution in [0.2, 0.25) is 0 Å². The summed E-state index contributed by atoms with van der Waals surface area (Å²) >= 11 is 0. The molecule has 2 rings (SSSR count). The van der Waals surface area contributed by atoms with Gasteiger partial charge in [0, 0.05) is 6.42 Å². The molecule has 2 fully saturated rings. The number of unbranched alkanes of at least 4 members (excludes halogenated alkanes) is 13. The average molecular weight is 1160 g/mol. The van der Waals surface area contributed by atoms with Gasteiger partial charge >= 0.3 is 0 Å². The van der Waals surface area contributed by atoms with Crippen molar-refractivity contribution >= 4 is 5.91 Å². The van der Waals surface area contributed by atoms with Gasteiger partial charge in [-0.15, -0.1) is 0 Å². The number of carbonyl (C=O) groups excluding carboxylic acids is 1. The fraction of sp³-hybridized carbons (Fsp3) is 0.638. The largest absolute Gasteiger partial charge is 0.394 e. The molecular formula is C69H111NO13. The van der Waals surface area contributed by atoms with Crippen molar-refractivity contribution in [3.05, 3.63) is 146 Å². The molecule has 2 aliphatic rings. The Labute approximate surface area is 500 Å². The highest BCUT2D eigenvalue weighted by molar-refractivity contribution is 5.76. The van der Waals surface area contributed by atoms with Crippen LogP contribution in [0.5, 0.6) is 0 Å². The molecule has 83 heavy (non-hydrogen) atoms. The number of nitrogens with one attached hydrogen (secondary N) is 1. The lowest BCUT2D eigenvalue weighted by atomic mass is 9.97. The highest BCUT2D eigenvalue weighted by atomic mass is 16.7. The second-order valence-electron chi connectivity index (χ2n) is 21.5. The molecular weight excluding hydrogens is 1050 g/mol. The van der Waals surface area contributed by atoms with Crippen LogP contribution >= 0.6 is 0 Å². The van der Waals surface area contributed by atoms with Crippen molar-refractivity contribution in [1.29, 1.82) is 0 Å². The molecule has 0 saturated carbocycles. The van der Waals surface area contributed by atoms with Gasteiger partial charge in [0.25, 0.3) is 0 Å². The molecule has 14 nitrogen and oxygen atoms in total. The Morgan fingerprint density at radius 2 is 0.831 bits per heavy atom. The normalized spacial score (nSPS) is 24.8. The minimum absolute atomic E-state index is 0.231. The van der Waals surface area contributed by atoms with Crippen LogP contribution < -0.4 is 5.32 Å². The molecule has 0 spiro atoms. The SMILES string of the molecule is CC/C=C\C/C=C\C/C=C\C/C=C\C/C=C\C/C=C\C/C=C\C/C=C\C/C=C\C/C=C\C/C=C\CCCCCC(=O)NC(COC1OC(CO)C(OC2OC(CO)C(O)C(O)C2O)C(O)C1O)C(O)/C=C/CCCCCCCCCCCC. The number of hydrogen-bond donors (Lipinski definition) is 9. The molecule has 14 heteroatoms. The number of rotatable bonds is 48. The van der Waals surface area contributed by atoms with E-state index in [0.717, 1.165) is 116 Å². The molecule has 12 unspecified atom stereocenters. The highest BCUT2D eigenvalue weighted by Crippen LogP contribution is 2.30. The van der Waals surface area contributed by atoms with Crippen LogP contribution in [-0.2, 0) is 23.7 Å². The number of amides is 1. The Morgan fingerprint density at radius 1 is 0.446 bits per heavy atom. The minimum atomic E-state index is -1.80.